The van der Waals surface area contributed by atoms with Crippen LogP contribution in [0.3, 0.4) is 0 Å². The van der Waals surface area contributed by atoms with Crippen molar-refractivity contribution in [3.05, 3.63) is 23.0 Å². The summed E-state index contributed by atoms with van der Waals surface area (Å²) in [5, 5.41) is 9.12. The fourth-order valence-electron chi connectivity index (χ4n) is 3.07. The second-order valence-electron chi connectivity index (χ2n) is 5.52. The minimum atomic E-state index is 0.288. The highest BCUT2D eigenvalue weighted by Gasteiger charge is 2.22. The Morgan fingerprint density at radius 1 is 1.47 bits per heavy atom. The zero-order valence-electron chi connectivity index (χ0n) is 12.0. The van der Waals surface area contributed by atoms with Crippen LogP contribution in [0.1, 0.15) is 36.2 Å². The van der Waals surface area contributed by atoms with E-state index < -0.39 is 0 Å². The van der Waals surface area contributed by atoms with E-state index in [1.54, 1.807) is 0 Å². The van der Waals surface area contributed by atoms with Crippen molar-refractivity contribution in [3.8, 4) is 0 Å². The Morgan fingerprint density at radius 2 is 2.26 bits per heavy atom. The molecule has 1 aliphatic heterocycles. The van der Waals surface area contributed by atoms with Gasteiger partial charge in [0.05, 0.1) is 0 Å². The first kappa shape index (κ1) is 14.3. The van der Waals surface area contributed by atoms with Crippen molar-refractivity contribution in [1.82, 2.24) is 4.98 Å². The molecule has 1 aromatic heterocycles. The van der Waals surface area contributed by atoms with Gasteiger partial charge >= 0.3 is 0 Å². The number of hydrogen-bond donors (Lipinski definition) is 2. The number of aliphatic hydroxyl groups excluding tert-OH is 1. The quantitative estimate of drug-likeness (QED) is 0.869. The lowest BCUT2D eigenvalue weighted by Gasteiger charge is -2.35. The minimum Gasteiger partial charge on any atom is -0.396 e. The Morgan fingerprint density at radius 3 is 2.95 bits per heavy atom. The third kappa shape index (κ3) is 3.25. The number of nitrogens with zero attached hydrogens (tertiary/aromatic N) is 2. The van der Waals surface area contributed by atoms with E-state index in [4.69, 9.17) is 10.8 Å². The molecule has 0 radical (unpaired) electrons. The molecule has 0 amide bonds. The lowest BCUT2D eigenvalue weighted by atomic mass is 9.94. The lowest BCUT2D eigenvalue weighted by Crippen LogP contribution is -2.36. The van der Waals surface area contributed by atoms with Crippen molar-refractivity contribution in [3.63, 3.8) is 0 Å². The highest BCUT2D eigenvalue weighted by molar-refractivity contribution is 5.56. The van der Waals surface area contributed by atoms with E-state index in [9.17, 15) is 0 Å². The topological polar surface area (TPSA) is 62.4 Å². The molecular weight excluding hydrogens is 238 g/mol. The van der Waals surface area contributed by atoms with Gasteiger partial charge in [0.2, 0.25) is 0 Å². The summed E-state index contributed by atoms with van der Waals surface area (Å²) in [6.45, 7) is 7.00. The van der Waals surface area contributed by atoms with Crippen molar-refractivity contribution >= 4 is 5.69 Å². The molecule has 1 atom stereocenters. The van der Waals surface area contributed by atoms with Gasteiger partial charge in [0.25, 0.3) is 0 Å². The SMILES string of the molecule is Cc1cc(N2CCCC(CCO)C2)c(CN)c(C)n1. The second-order valence-corrected chi connectivity index (χ2v) is 5.52. The number of aliphatic hydroxyl groups is 1. The Labute approximate surface area is 115 Å². The Hall–Kier alpha value is -1.13. The summed E-state index contributed by atoms with van der Waals surface area (Å²) in [6, 6.07) is 2.15. The van der Waals surface area contributed by atoms with Gasteiger partial charge in [-0.3, -0.25) is 4.98 Å². The van der Waals surface area contributed by atoms with Crippen LogP contribution in [-0.4, -0.2) is 29.8 Å². The molecule has 1 aliphatic rings. The summed E-state index contributed by atoms with van der Waals surface area (Å²) in [4.78, 5) is 6.93. The molecule has 0 bridgehead atoms. The highest BCUT2D eigenvalue weighted by Crippen LogP contribution is 2.29. The molecule has 1 fully saturated rings. The summed E-state index contributed by atoms with van der Waals surface area (Å²) >= 11 is 0. The van der Waals surface area contributed by atoms with Crippen LogP contribution in [0.2, 0.25) is 0 Å². The third-order valence-corrected chi connectivity index (χ3v) is 4.04. The van der Waals surface area contributed by atoms with E-state index >= 15 is 0 Å². The number of anilines is 1. The van der Waals surface area contributed by atoms with Crippen LogP contribution in [0.4, 0.5) is 5.69 Å². The first-order valence-corrected chi connectivity index (χ1v) is 7.18. The van der Waals surface area contributed by atoms with Gasteiger partial charge in [0.1, 0.15) is 0 Å². The van der Waals surface area contributed by atoms with Crippen molar-refractivity contribution < 1.29 is 5.11 Å². The van der Waals surface area contributed by atoms with Gasteiger partial charge in [-0.1, -0.05) is 0 Å². The van der Waals surface area contributed by atoms with E-state index in [2.05, 4.69) is 16.0 Å². The summed E-state index contributed by atoms with van der Waals surface area (Å²) in [5.74, 6) is 0.596. The number of aromatic nitrogens is 1. The van der Waals surface area contributed by atoms with Crippen LogP contribution in [0, 0.1) is 19.8 Å². The Bertz CT molecular complexity index is 432. The molecule has 0 spiro atoms. The lowest BCUT2D eigenvalue weighted by molar-refractivity contribution is 0.244. The van der Waals surface area contributed by atoms with E-state index in [1.807, 2.05) is 13.8 Å². The van der Waals surface area contributed by atoms with Crippen molar-refractivity contribution in [2.75, 3.05) is 24.6 Å². The monoisotopic (exact) mass is 263 g/mol. The number of hydrogen-bond acceptors (Lipinski definition) is 4. The summed E-state index contributed by atoms with van der Waals surface area (Å²) in [5.41, 5.74) is 10.4. The zero-order valence-corrected chi connectivity index (χ0v) is 12.0. The molecular formula is C15H25N3O. The van der Waals surface area contributed by atoms with Crippen LogP contribution in [-0.2, 0) is 6.54 Å². The van der Waals surface area contributed by atoms with Crippen molar-refractivity contribution in [2.24, 2.45) is 11.7 Å². The van der Waals surface area contributed by atoms with Crippen molar-refractivity contribution in [1.29, 1.82) is 0 Å². The average Bonchev–Trinajstić information content (AvgIpc) is 2.38. The smallest absolute Gasteiger partial charge is 0.0448 e. The molecule has 4 heteroatoms. The Balaban J connectivity index is 2.25. The van der Waals surface area contributed by atoms with Gasteiger partial charge in [-0.05, 0) is 45.1 Å². The first-order valence-electron chi connectivity index (χ1n) is 7.18. The predicted molar refractivity (Wildman–Crippen MR) is 78.2 cm³/mol. The highest BCUT2D eigenvalue weighted by atomic mass is 16.3. The molecule has 1 unspecified atom stereocenters. The number of pyridine rings is 1. The molecule has 2 heterocycles. The molecule has 0 aromatic carbocycles. The Kier molecular flexibility index (Phi) is 4.77. The maximum atomic E-state index is 9.12. The van der Waals surface area contributed by atoms with Crippen LogP contribution in [0.25, 0.3) is 0 Å². The largest absolute Gasteiger partial charge is 0.396 e. The van der Waals surface area contributed by atoms with Gasteiger partial charge < -0.3 is 15.7 Å². The van der Waals surface area contributed by atoms with E-state index in [-0.39, 0.29) is 6.61 Å². The minimum absolute atomic E-state index is 0.288. The number of nitrogens with two attached hydrogens (primary N) is 1. The van der Waals surface area contributed by atoms with Crippen LogP contribution < -0.4 is 10.6 Å². The molecule has 2 rings (SSSR count). The number of piperidine rings is 1. The van der Waals surface area contributed by atoms with E-state index in [1.165, 1.54) is 18.5 Å². The molecule has 3 N–H and O–H groups in total. The van der Waals surface area contributed by atoms with Gasteiger partial charge in [0, 0.05) is 48.9 Å². The molecule has 1 aromatic rings. The fraction of sp³-hybridized carbons (Fsp3) is 0.667. The second kappa shape index (κ2) is 6.35. The first-order chi connectivity index (χ1) is 9.15. The zero-order chi connectivity index (χ0) is 13.8. The molecule has 4 nitrogen and oxygen atoms in total. The maximum Gasteiger partial charge on any atom is 0.0448 e. The molecule has 0 aliphatic carbocycles. The van der Waals surface area contributed by atoms with E-state index in [0.29, 0.717) is 12.5 Å². The summed E-state index contributed by atoms with van der Waals surface area (Å²) < 4.78 is 0. The number of aryl methyl sites for hydroxylation is 2. The third-order valence-electron chi connectivity index (χ3n) is 4.04. The van der Waals surface area contributed by atoms with Crippen molar-refractivity contribution in [2.45, 2.75) is 39.7 Å². The fourth-order valence-corrected chi connectivity index (χ4v) is 3.07. The van der Waals surface area contributed by atoms with Gasteiger partial charge in [-0.2, -0.15) is 0 Å². The molecule has 106 valence electrons. The maximum absolute atomic E-state index is 9.12. The molecule has 1 saturated heterocycles. The standard InChI is InChI=1S/C15H25N3O/c1-11-8-15(14(9-16)12(2)17-11)18-6-3-4-13(10-18)5-7-19/h8,13,19H,3-7,9-10,16H2,1-2H3. The van der Waals surface area contributed by atoms with Gasteiger partial charge in [-0.25, -0.2) is 0 Å². The summed E-state index contributed by atoms with van der Waals surface area (Å²) in [7, 11) is 0. The average molecular weight is 263 g/mol. The van der Waals surface area contributed by atoms with Gasteiger partial charge in [-0.15, -0.1) is 0 Å². The van der Waals surface area contributed by atoms with Crippen LogP contribution in [0.15, 0.2) is 6.07 Å². The normalized spacial score (nSPS) is 19.8. The summed E-state index contributed by atoms with van der Waals surface area (Å²) in [6.07, 6.45) is 3.31. The number of rotatable bonds is 4. The van der Waals surface area contributed by atoms with E-state index in [0.717, 1.165) is 36.5 Å². The molecule has 19 heavy (non-hydrogen) atoms. The predicted octanol–water partition coefficient (Wildman–Crippen LogP) is 1.76. The molecule has 0 saturated carbocycles. The van der Waals surface area contributed by atoms with Crippen LogP contribution in [0.5, 0.6) is 0 Å². The van der Waals surface area contributed by atoms with Gasteiger partial charge in [0.15, 0.2) is 0 Å². The van der Waals surface area contributed by atoms with Crippen LogP contribution >= 0.6 is 0 Å².